The van der Waals surface area contributed by atoms with Gasteiger partial charge in [-0.05, 0) is 24.6 Å². The first-order chi connectivity index (χ1) is 12.0. The number of carbonyl (C=O) groups excluding carboxylic acids is 2. The standard InChI is InChI=1S/C18H18N4O2S/c1-21-8-7-16(18(21)24)25-15-6-4-3-5-13(15)20-17(23)14-9-12(10-19)11-22(14)2/h3-6,9,11,16H,7-8H2,1-2H3,(H,20,23). The van der Waals surface area contributed by atoms with E-state index in [2.05, 4.69) is 5.32 Å². The Morgan fingerprint density at radius 2 is 2.12 bits per heavy atom. The number of aryl methyl sites for hydroxylation is 1. The van der Waals surface area contributed by atoms with Crippen LogP contribution in [0.25, 0.3) is 0 Å². The maximum atomic E-state index is 12.5. The summed E-state index contributed by atoms with van der Waals surface area (Å²) in [6.45, 7) is 0.755. The Labute approximate surface area is 150 Å². The Hall–Kier alpha value is -2.72. The number of thioether (sulfide) groups is 1. The van der Waals surface area contributed by atoms with Crippen LogP contribution in [0.15, 0.2) is 41.4 Å². The first kappa shape index (κ1) is 17.1. The molecule has 1 aliphatic rings. The van der Waals surface area contributed by atoms with E-state index < -0.39 is 0 Å². The molecule has 0 spiro atoms. The van der Waals surface area contributed by atoms with Gasteiger partial charge in [0.05, 0.1) is 16.5 Å². The fourth-order valence-corrected chi connectivity index (χ4v) is 3.98. The molecule has 1 unspecified atom stereocenters. The van der Waals surface area contributed by atoms with Crippen LogP contribution in [0.5, 0.6) is 0 Å². The zero-order valence-electron chi connectivity index (χ0n) is 14.0. The van der Waals surface area contributed by atoms with Crippen LogP contribution in [0.4, 0.5) is 5.69 Å². The van der Waals surface area contributed by atoms with Gasteiger partial charge in [-0.3, -0.25) is 9.59 Å². The van der Waals surface area contributed by atoms with Gasteiger partial charge in [0.15, 0.2) is 0 Å². The average molecular weight is 354 g/mol. The summed E-state index contributed by atoms with van der Waals surface area (Å²) < 4.78 is 1.62. The van der Waals surface area contributed by atoms with Crippen molar-refractivity contribution in [2.24, 2.45) is 7.05 Å². The van der Waals surface area contributed by atoms with Crippen LogP contribution in [-0.4, -0.2) is 40.1 Å². The number of nitrogens with one attached hydrogen (secondary N) is 1. The molecular weight excluding hydrogens is 336 g/mol. The van der Waals surface area contributed by atoms with Crippen molar-refractivity contribution < 1.29 is 9.59 Å². The average Bonchev–Trinajstić information content (AvgIpc) is 3.13. The summed E-state index contributed by atoms with van der Waals surface area (Å²) in [6.07, 6.45) is 2.41. The lowest BCUT2D eigenvalue weighted by Gasteiger charge is -2.14. The van der Waals surface area contributed by atoms with Crippen molar-refractivity contribution in [2.45, 2.75) is 16.6 Å². The number of likely N-dealkylation sites (tertiary alicyclic amines) is 1. The van der Waals surface area contributed by atoms with E-state index in [0.717, 1.165) is 17.9 Å². The Kier molecular flexibility index (Phi) is 4.81. The van der Waals surface area contributed by atoms with E-state index in [1.807, 2.05) is 30.3 Å². The second-order valence-electron chi connectivity index (χ2n) is 5.94. The molecule has 0 aliphatic carbocycles. The number of aromatic nitrogens is 1. The predicted octanol–water partition coefficient (Wildman–Crippen LogP) is 2.47. The van der Waals surface area contributed by atoms with Crippen molar-refractivity contribution in [1.29, 1.82) is 5.26 Å². The summed E-state index contributed by atoms with van der Waals surface area (Å²) >= 11 is 1.48. The van der Waals surface area contributed by atoms with E-state index in [4.69, 9.17) is 5.26 Å². The normalized spacial score (nSPS) is 16.8. The minimum Gasteiger partial charge on any atom is -0.345 e. The molecule has 2 aromatic rings. The summed E-state index contributed by atoms with van der Waals surface area (Å²) in [7, 11) is 3.53. The summed E-state index contributed by atoms with van der Waals surface area (Å²) in [5.41, 5.74) is 1.52. The van der Waals surface area contributed by atoms with Crippen molar-refractivity contribution >= 4 is 29.3 Å². The van der Waals surface area contributed by atoms with Crippen LogP contribution in [0.3, 0.4) is 0 Å². The highest BCUT2D eigenvalue weighted by Crippen LogP contribution is 2.35. The van der Waals surface area contributed by atoms with Gasteiger partial charge in [0.2, 0.25) is 5.91 Å². The molecule has 0 saturated carbocycles. The van der Waals surface area contributed by atoms with E-state index in [9.17, 15) is 9.59 Å². The second-order valence-corrected chi connectivity index (χ2v) is 7.19. The molecule has 2 amide bonds. The minimum absolute atomic E-state index is 0.118. The number of para-hydroxylation sites is 1. The summed E-state index contributed by atoms with van der Waals surface area (Å²) in [5.74, 6) is -0.167. The summed E-state index contributed by atoms with van der Waals surface area (Å²) in [5, 5.41) is 11.7. The number of hydrogen-bond donors (Lipinski definition) is 1. The van der Waals surface area contributed by atoms with E-state index in [-0.39, 0.29) is 17.1 Å². The molecule has 1 saturated heterocycles. The highest BCUT2D eigenvalue weighted by Gasteiger charge is 2.30. The van der Waals surface area contributed by atoms with Crippen LogP contribution >= 0.6 is 11.8 Å². The fraction of sp³-hybridized carbons (Fsp3) is 0.278. The quantitative estimate of drug-likeness (QED) is 0.915. The van der Waals surface area contributed by atoms with Crippen molar-refractivity contribution in [3.63, 3.8) is 0 Å². The molecule has 0 radical (unpaired) electrons. The topological polar surface area (TPSA) is 78.1 Å². The van der Waals surface area contributed by atoms with Crippen molar-refractivity contribution in [3.8, 4) is 6.07 Å². The van der Waals surface area contributed by atoms with Crippen LogP contribution in [0, 0.1) is 11.3 Å². The highest BCUT2D eigenvalue weighted by molar-refractivity contribution is 8.00. The zero-order chi connectivity index (χ0) is 18.0. The molecule has 1 aliphatic heterocycles. The summed E-state index contributed by atoms with van der Waals surface area (Å²) in [4.78, 5) is 27.3. The number of rotatable bonds is 4. The molecular formula is C18H18N4O2S. The van der Waals surface area contributed by atoms with Crippen LogP contribution in [0.2, 0.25) is 0 Å². The predicted molar refractivity (Wildman–Crippen MR) is 96.4 cm³/mol. The van der Waals surface area contributed by atoms with Gasteiger partial charge in [-0.2, -0.15) is 5.26 Å². The van der Waals surface area contributed by atoms with Gasteiger partial charge >= 0.3 is 0 Å². The smallest absolute Gasteiger partial charge is 0.272 e. The Morgan fingerprint density at radius 1 is 1.36 bits per heavy atom. The highest BCUT2D eigenvalue weighted by atomic mass is 32.2. The first-order valence-electron chi connectivity index (χ1n) is 7.88. The lowest BCUT2D eigenvalue weighted by atomic mass is 10.3. The first-order valence-corrected chi connectivity index (χ1v) is 8.76. The Bertz CT molecular complexity index is 868. The van der Waals surface area contributed by atoms with E-state index in [1.165, 1.54) is 11.8 Å². The van der Waals surface area contributed by atoms with Crippen molar-refractivity contribution in [3.05, 3.63) is 47.8 Å². The van der Waals surface area contributed by atoms with Crippen molar-refractivity contribution in [1.82, 2.24) is 9.47 Å². The van der Waals surface area contributed by atoms with Crippen LogP contribution in [0.1, 0.15) is 22.5 Å². The van der Waals surface area contributed by atoms with Gasteiger partial charge in [-0.15, -0.1) is 11.8 Å². The molecule has 7 heteroatoms. The van der Waals surface area contributed by atoms with E-state index in [0.29, 0.717) is 16.9 Å². The molecule has 3 rings (SSSR count). The lowest BCUT2D eigenvalue weighted by Crippen LogP contribution is -2.23. The Balaban J connectivity index is 1.79. The van der Waals surface area contributed by atoms with E-state index in [1.54, 1.807) is 35.8 Å². The second kappa shape index (κ2) is 7.03. The summed E-state index contributed by atoms with van der Waals surface area (Å²) in [6, 6.07) is 11.0. The minimum atomic E-state index is -0.285. The zero-order valence-corrected chi connectivity index (χ0v) is 14.8. The third-order valence-corrected chi connectivity index (χ3v) is 5.48. The maximum absolute atomic E-state index is 12.5. The number of nitrogens with zero attached hydrogens (tertiary/aromatic N) is 3. The fourth-order valence-electron chi connectivity index (χ4n) is 2.76. The third-order valence-electron chi connectivity index (χ3n) is 4.15. The van der Waals surface area contributed by atoms with Gasteiger partial charge in [-0.25, -0.2) is 0 Å². The van der Waals surface area contributed by atoms with E-state index >= 15 is 0 Å². The molecule has 0 bridgehead atoms. The number of hydrogen-bond acceptors (Lipinski definition) is 4. The molecule has 1 N–H and O–H groups in total. The molecule has 6 nitrogen and oxygen atoms in total. The van der Waals surface area contributed by atoms with Crippen LogP contribution < -0.4 is 5.32 Å². The molecule has 1 fully saturated rings. The maximum Gasteiger partial charge on any atom is 0.272 e. The SMILES string of the molecule is CN1CCC(Sc2ccccc2NC(=O)c2cc(C#N)cn2C)C1=O. The third kappa shape index (κ3) is 3.54. The number of benzene rings is 1. The largest absolute Gasteiger partial charge is 0.345 e. The molecule has 2 heterocycles. The monoisotopic (exact) mass is 354 g/mol. The molecule has 1 aromatic heterocycles. The number of anilines is 1. The molecule has 128 valence electrons. The lowest BCUT2D eigenvalue weighted by molar-refractivity contribution is -0.126. The van der Waals surface area contributed by atoms with Gasteiger partial charge in [0, 0.05) is 31.7 Å². The van der Waals surface area contributed by atoms with Gasteiger partial charge in [0.1, 0.15) is 11.8 Å². The Morgan fingerprint density at radius 3 is 2.76 bits per heavy atom. The van der Waals surface area contributed by atoms with Crippen molar-refractivity contribution in [2.75, 3.05) is 18.9 Å². The number of nitriles is 1. The number of carbonyl (C=O) groups is 2. The number of amides is 2. The molecule has 1 aromatic carbocycles. The van der Waals surface area contributed by atoms with Gasteiger partial charge < -0.3 is 14.8 Å². The molecule has 1 atom stereocenters. The van der Waals surface area contributed by atoms with Crippen LogP contribution in [-0.2, 0) is 11.8 Å². The molecule has 25 heavy (non-hydrogen) atoms. The van der Waals surface area contributed by atoms with Gasteiger partial charge in [0.25, 0.3) is 5.91 Å². The van der Waals surface area contributed by atoms with Gasteiger partial charge in [-0.1, -0.05) is 12.1 Å².